The summed E-state index contributed by atoms with van der Waals surface area (Å²) in [7, 11) is 0. The Hall–Kier alpha value is -2.50. The average molecular weight is 399 g/mol. The monoisotopic (exact) mass is 398 g/mol. The van der Waals surface area contributed by atoms with Gasteiger partial charge >= 0.3 is 0 Å². The molecule has 0 radical (unpaired) electrons. The summed E-state index contributed by atoms with van der Waals surface area (Å²) in [5.74, 6) is 0.664. The zero-order chi connectivity index (χ0) is 19.5. The number of amides is 1. The highest BCUT2D eigenvalue weighted by molar-refractivity contribution is 6.32. The predicted octanol–water partition coefficient (Wildman–Crippen LogP) is 3.93. The van der Waals surface area contributed by atoms with E-state index >= 15 is 0 Å². The van der Waals surface area contributed by atoms with Crippen molar-refractivity contribution < 1.29 is 14.6 Å². The Morgan fingerprint density at radius 1 is 1.21 bits per heavy atom. The maximum absolute atomic E-state index is 12.8. The van der Waals surface area contributed by atoms with Crippen LogP contribution in [0.5, 0.6) is 5.75 Å². The first-order valence-electron chi connectivity index (χ1n) is 9.53. The second-order valence-electron chi connectivity index (χ2n) is 7.07. The Morgan fingerprint density at radius 3 is 2.82 bits per heavy atom. The molecule has 3 aromatic rings. The minimum Gasteiger partial charge on any atom is -0.492 e. The fourth-order valence-electron chi connectivity index (χ4n) is 3.84. The van der Waals surface area contributed by atoms with E-state index in [1.807, 2.05) is 36.4 Å². The quantitative estimate of drug-likeness (QED) is 0.618. The van der Waals surface area contributed by atoms with Gasteiger partial charge in [-0.2, -0.15) is 0 Å². The molecule has 0 fully saturated rings. The maximum Gasteiger partial charge on any atom is 0.223 e. The van der Waals surface area contributed by atoms with Crippen LogP contribution in [0.4, 0.5) is 0 Å². The van der Waals surface area contributed by atoms with E-state index in [2.05, 4.69) is 11.1 Å². The number of hydrogen-bond acceptors (Lipinski definition) is 3. The number of carbonyl (C=O) groups excluding carboxylic acids is 1. The molecule has 0 aliphatic carbocycles. The van der Waals surface area contributed by atoms with Gasteiger partial charge in [0.25, 0.3) is 0 Å². The van der Waals surface area contributed by atoms with Gasteiger partial charge in [-0.1, -0.05) is 41.9 Å². The summed E-state index contributed by atoms with van der Waals surface area (Å²) in [5.41, 5.74) is 3.35. The molecule has 0 spiro atoms. The second kappa shape index (κ2) is 8.25. The lowest BCUT2D eigenvalue weighted by atomic mass is 9.96. The number of nitrogens with one attached hydrogen (secondary N) is 1. The first-order valence-corrected chi connectivity index (χ1v) is 9.91. The number of fused-ring (bicyclic) bond motifs is 3. The molecule has 146 valence electrons. The molecule has 5 nitrogen and oxygen atoms in total. The molecule has 1 amide bonds. The van der Waals surface area contributed by atoms with Gasteiger partial charge in [0.1, 0.15) is 5.75 Å². The minimum absolute atomic E-state index is 0.0334. The number of aliphatic hydroxyl groups excluding tert-OH is 1. The smallest absolute Gasteiger partial charge is 0.223 e. The van der Waals surface area contributed by atoms with Crippen molar-refractivity contribution in [3.63, 3.8) is 0 Å². The van der Waals surface area contributed by atoms with E-state index < -0.39 is 0 Å². The van der Waals surface area contributed by atoms with Crippen molar-refractivity contribution >= 4 is 28.4 Å². The number of aromatic amines is 1. The molecule has 2 aromatic carbocycles. The number of H-pyrrole nitrogens is 1. The first kappa shape index (κ1) is 18.8. The number of halogens is 1. The lowest BCUT2D eigenvalue weighted by Crippen LogP contribution is -2.46. The largest absolute Gasteiger partial charge is 0.492 e. The highest BCUT2D eigenvalue weighted by Gasteiger charge is 2.31. The van der Waals surface area contributed by atoms with Crippen LogP contribution in [0.2, 0.25) is 5.02 Å². The normalized spacial score (nSPS) is 16.2. The molecule has 1 aliphatic rings. The molecule has 2 heterocycles. The zero-order valence-corrected chi connectivity index (χ0v) is 16.3. The van der Waals surface area contributed by atoms with Crippen LogP contribution < -0.4 is 4.74 Å². The fourth-order valence-corrected chi connectivity index (χ4v) is 4.03. The maximum atomic E-state index is 12.8. The molecule has 6 heteroatoms. The van der Waals surface area contributed by atoms with E-state index in [0.717, 1.165) is 11.2 Å². The van der Waals surface area contributed by atoms with Crippen LogP contribution in [0.1, 0.15) is 24.1 Å². The van der Waals surface area contributed by atoms with Gasteiger partial charge in [0, 0.05) is 23.0 Å². The van der Waals surface area contributed by atoms with Crippen LogP contribution in [-0.4, -0.2) is 40.2 Å². The van der Waals surface area contributed by atoms with Crippen molar-refractivity contribution in [1.82, 2.24) is 9.88 Å². The van der Waals surface area contributed by atoms with Crippen molar-refractivity contribution in [2.45, 2.75) is 31.8 Å². The van der Waals surface area contributed by atoms with E-state index in [0.29, 0.717) is 43.2 Å². The molecule has 0 bridgehead atoms. The Balaban J connectivity index is 1.39. The first-order chi connectivity index (χ1) is 13.7. The van der Waals surface area contributed by atoms with Crippen molar-refractivity contribution in [2.75, 3.05) is 13.2 Å². The Kier molecular flexibility index (Phi) is 5.55. The summed E-state index contributed by atoms with van der Waals surface area (Å²) in [6.45, 7) is 0.880. The molecule has 2 N–H and O–H groups in total. The van der Waals surface area contributed by atoms with Crippen LogP contribution in [0, 0.1) is 0 Å². The highest BCUT2D eigenvalue weighted by atomic mass is 35.5. The summed E-state index contributed by atoms with van der Waals surface area (Å²) in [4.78, 5) is 18.0. The Labute approximate surface area is 168 Å². The molecule has 1 aliphatic heterocycles. The molecular weight excluding hydrogens is 376 g/mol. The topological polar surface area (TPSA) is 65.6 Å². The Morgan fingerprint density at radius 2 is 2.00 bits per heavy atom. The third-order valence-electron chi connectivity index (χ3n) is 5.27. The van der Waals surface area contributed by atoms with Gasteiger partial charge in [0.15, 0.2) is 0 Å². The summed E-state index contributed by atoms with van der Waals surface area (Å²) in [6, 6.07) is 15.3. The number of para-hydroxylation sites is 2. The van der Waals surface area contributed by atoms with Crippen LogP contribution in [0.3, 0.4) is 0 Å². The fraction of sp³-hybridized carbons (Fsp3) is 0.318. The van der Waals surface area contributed by atoms with Gasteiger partial charge in [0.05, 0.1) is 30.8 Å². The summed E-state index contributed by atoms with van der Waals surface area (Å²) in [6.07, 6.45) is 1.63. The number of carbonyl (C=O) groups is 1. The molecule has 1 aromatic heterocycles. The van der Waals surface area contributed by atoms with E-state index in [1.54, 1.807) is 11.0 Å². The van der Waals surface area contributed by atoms with Gasteiger partial charge in [-0.3, -0.25) is 4.79 Å². The van der Waals surface area contributed by atoms with Gasteiger partial charge < -0.3 is 19.7 Å². The van der Waals surface area contributed by atoms with Crippen molar-refractivity contribution in [2.24, 2.45) is 0 Å². The van der Waals surface area contributed by atoms with Crippen LogP contribution >= 0.6 is 11.6 Å². The highest BCUT2D eigenvalue weighted by Crippen LogP contribution is 2.30. The molecule has 28 heavy (non-hydrogen) atoms. The van der Waals surface area contributed by atoms with E-state index in [9.17, 15) is 9.90 Å². The van der Waals surface area contributed by atoms with E-state index in [-0.39, 0.29) is 18.6 Å². The van der Waals surface area contributed by atoms with Gasteiger partial charge in [0.2, 0.25) is 5.91 Å². The van der Waals surface area contributed by atoms with Crippen LogP contribution in [0.25, 0.3) is 10.9 Å². The minimum atomic E-state index is -0.191. The number of ether oxygens (including phenoxy) is 1. The number of rotatable bonds is 6. The van der Waals surface area contributed by atoms with Gasteiger partial charge in [-0.15, -0.1) is 0 Å². The number of aliphatic hydroxyl groups is 1. The van der Waals surface area contributed by atoms with E-state index in [1.165, 1.54) is 10.9 Å². The zero-order valence-electron chi connectivity index (χ0n) is 15.5. The third-order valence-corrected chi connectivity index (χ3v) is 5.58. The van der Waals surface area contributed by atoms with Gasteiger partial charge in [-0.25, -0.2) is 0 Å². The number of hydrogen-bond donors (Lipinski definition) is 2. The van der Waals surface area contributed by atoms with Crippen LogP contribution in [0.15, 0.2) is 48.5 Å². The lowest BCUT2D eigenvalue weighted by Gasteiger charge is -2.35. The summed E-state index contributed by atoms with van der Waals surface area (Å²) < 4.78 is 5.67. The van der Waals surface area contributed by atoms with Crippen molar-refractivity contribution in [1.29, 1.82) is 0 Å². The van der Waals surface area contributed by atoms with Crippen molar-refractivity contribution in [3.05, 3.63) is 64.8 Å². The molecule has 1 unspecified atom stereocenters. The predicted molar refractivity (Wildman–Crippen MR) is 110 cm³/mol. The SMILES string of the molecule is O=C(CCCOc1ccccc1Cl)N1Cc2[nH]c3ccccc3c2CC1CO. The van der Waals surface area contributed by atoms with E-state index in [4.69, 9.17) is 16.3 Å². The lowest BCUT2D eigenvalue weighted by molar-refractivity contribution is -0.136. The third kappa shape index (κ3) is 3.73. The molecule has 0 saturated heterocycles. The number of benzene rings is 2. The second-order valence-corrected chi connectivity index (χ2v) is 7.48. The molecule has 0 saturated carbocycles. The summed E-state index contributed by atoms with van der Waals surface area (Å²) >= 11 is 6.08. The summed E-state index contributed by atoms with van der Waals surface area (Å²) in [5, 5.41) is 11.6. The molecule has 1 atom stereocenters. The van der Waals surface area contributed by atoms with Crippen LogP contribution in [-0.2, 0) is 17.8 Å². The molecule has 4 rings (SSSR count). The van der Waals surface area contributed by atoms with Crippen molar-refractivity contribution in [3.8, 4) is 5.75 Å². The Bertz CT molecular complexity index is 985. The number of aromatic nitrogens is 1. The molecular formula is C22H23ClN2O3. The number of nitrogens with zero attached hydrogens (tertiary/aromatic N) is 1. The standard InChI is InChI=1S/C22H23ClN2O3/c23-18-7-2-4-9-21(18)28-11-5-10-22(27)25-13-20-17(12-15(25)14-26)16-6-1-3-8-19(16)24-20/h1-4,6-9,15,24,26H,5,10-14H2. The van der Waals surface area contributed by atoms with Gasteiger partial charge in [-0.05, 0) is 36.6 Å². The average Bonchev–Trinajstić information content (AvgIpc) is 3.08.